The van der Waals surface area contributed by atoms with Crippen LogP contribution in [0.5, 0.6) is 0 Å². The summed E-state index contributed by atoms with van der Waals surface area (Å²) in [6.07, 6.45) is 9.04. The summed E-state index contributed by atoms with van der Waals surface area (Å²) in [4.78, 5) is 18.0. The van der Waals surface area contributed by atoms with E-state index in [0.29, 0.717) is 25.1 Å². The van der Waals surface area contributed by atoms with Gasteiger partial charge >= 0.3 is 5.97 Å². The second-order valence-electron chi connectivity index (χ2n) is 10.5. The molecule has 2 aliphatic rings. The number of aromatic nitrogens is 2. The predicted octanol–water partition coefficient (Wildman–Crippen LogP) is 5.61. The molecule has 0 radical (unpaired) electrons. The van der Waals surface area contributed by atoms with Crippen molar-refractivity contribution < 1.29 is 23.4 Å². The lowest BCUT2D eigenvalue weighted by atomic mass is 9.96. The second-order valence-corrected chi connectivity index (χ2v) is 10.5. The normalized spacial score (nSPS) is 17.7. The van der Waals surface area contributed by atoms with E-state index in [1.807, 2.05) is 31.5 Å². The number of aromatic carboxylic acids is 1. The number of benzene rings is 1. The molecule has 10 heteroatoms. The van der Waals surface area contributed by atoms with Gasteiger partial charge in [-0.15, -0.1) is 0 Å². The van der Waals surface area contributed by atoms with Crippen molar-refractivity contribution in [3.05, 3.63) is 88.5 Å². The van der Waals surface area contributed by atoms with Crippen molar-refractivity contribution in [2.24, 2.45) is 7.05 Å². The third kappa shape index (κ3) is 5.62. The largest absolute Gasteiger partial charge is 0.478 e. The van der Waals surface area contributed by atoms with E-state index in [4.69, 9.17) is 9.84 Å². The van der Waals surface area contributed by atoms with E-state index in [1.165, 1.54) is 5.57 Å². The number of hydrogen-bond donors (Lipinski definition) is 3. The van der Waals surface area contributed by atoms with Crippen LogP contribution in [0.15, 0.2) is 60.1 Å². The maximum Gasteiger partial charge on any atom is 0.335 e. The zero-order valence-corrected chi connectivity index (χ0v) is 23.7. The monoisotopic (exact) mass is 563 g/mol. The van der Waals surface area contributed by atoms with E-state index in [-0.39, 0.29) is 17.7 Å². The van der Waals surface area contributed by atoms with Crippen molar-refractivity contribution in [1.82, 2.24) is 19.8 Å². The fourth-order valence-corrected chi connectivity index (χ4v) is 5.74. The molecule has 0 spiro atoms. The molecule has 2 aliphatic heterocycles. The van der Waals surface area contributed by atoms with Crippen LogP contribution in [0.3, 0.4) is 0 Å². The van der Waals surface area contributed by atoms with Crippen LogP contribution in [0.1, 0.15) is 54.3 Å². The number of carbonyl (C=O) groups is 1. The standard InChI is InChI=1S/C31H35F2N5O3/c1-18(38-13-8-20(9-14-38)29-24(32)15-21(31(39)40)16-25(29)33)28-17-23-27(7-12-36-30(23)37(28)3)35-11-6-26-22(5-10-34-26)19(2)41-4/h6-8,11-12,15-19,34H,5,9-10,13-14H2,1-4H3,(H,35,36)(H,39,40)/b11-6-. The predicted molar refractivity (Wildman–Crippen MR) is 155 cm³/mol. The molecule has 1 aromatic carbocycles. The first-order chi connectivity index (χ1) is 19.7. The molecule has 4 heterocycles. The summed E-state index contributed by atoms with van der Waals surface area (Å²) in [7, 11) is 3.71. The van der Waals surface area contributed by atoms with Gasteiger partial charge in [-0.1, -0.05) is 6.08 Å². The number of allylic oxidation sites excluding steroid dienone is 1. The van der Waals surface area contributed by atoms with Gasteiger partial charge < -0.3 is 25.0 Å². The highest BCUT2D eigenvalue weighted by Crippen LogP contribution is 2.34. The van der Waals surface area contributed by atoms with Crippen LogP contribution in [0, 0.1) is 11.6 Å². The molecule has 0 aliphatic carbocycles. The number of carboxylic acid groups (broad SMARTS) is 1. The highest BCUT2D eigenvalue weighted by Gasteiger charge is 2.26. The summed E-state index contributed by atoms with van der Waals surface area (Å²) in [5.74, 6) is -3.07. The minimum Gasteiger partial charge on any atom is -0.478 e. The minimum atomic E-state index is -1.36. The van der Waals surface area contributed by atoms with E-state index in [2.05, 4.69) is 45.0 Å². The SMILES string of the molecule is COC(C)C1=C(/C=C\Nc2ccnc3c2cc(C(C)N2CC=C(c4c(F)cc(C(=O)O)cc4F)CC2)n3C)NCC1. The Kier molecular flexibility index (Phi) is 8.23. The van der Waals surface area contributed by atoms with Gasteiger partial charge in [0.15, 0.2) is 0 Å². The first-order valence-corrected chi connectivity index (χ1v) is 13.7. The second kappa shape index (κ2) is 11.8. The van der Waals surface area contributed by atoms with Gasteiger partial charge in [-0.3, -0.25) is 4.90 Å². The summed E-state index contributed by atoms with van der Waals surface area (Å²) in [5.41, 5.74) is 5.20. The van der Waals surface area contributed by atoms with Gasteiger partial charge in [0.25, 0.3) is 0 Å². The molecule has 216 valence electrons. The number of fused-ring (bicyclic) bond motifs is 1. The van der Waals surface area contributed by atoms with Crippen LogP contribution in [-0.4, -0.2) is 58.4 Å². The van der Waals surface area contributed by atoms with Crippen molar-refractivity contribution >= 4 is 28.3 Å². The van der Waals surface area contributed by atoms with E-state index in [0.717, 1.165) is 53.2 Å². The molecule has 41 heavy (non-hydrogen) atoms. The molecule has 2 unspecified atom stereocenters. The quantitative estimate of drug-likeness (QED) is 0.312. The van der Waals surface area contributed by atoms with Gasteiger partial charge in [-0.2, -0.15) is 0 Å². The average molecular weight is 564 g/mol. The van der Waals surface area contributed by atoms with Gasteiger partial charge in [-0.05, 0) is 68.2 Å². The van der Waals surface area contributed by atoms with Gasteiger partial charge in [0.1, 0.15) is 17.3 Å². The Morgan fingerprint density at radius 1 is 1.22 bits per heavy atom. The highest BCUT2D eigenvalue weighted by atomic mass is 19.1. The van der Waals surface area contributed by atoms with E-state index < -0.39 is 23.2 Å². The topological polar surface area (TPSA) is 91.7 Å². The van der Waals surface area contributed by atoms with Crippen molar-refractivity contribution in [1.29, 1.82) is 0 Å². The van der Waals surface area contributed by atoms with E-state index in [1.54, 1.807) is 13.3 Å². The molecule has 2 atom stereocenters. The Balaban J connectivity index is 1.34. The highest BCUT2D eigenvalue weighted by molar-refractivity contribution is 5.91. The number of methoxy groups -OCH3 is 1. The van der Waals surface area contributed by atoms with E-state index in [9.17, 15) is 13.6 Å². The van der Waals surface area contributed by atoms with E-state index >= 15 is 0 Å². The number of anilines is 1. The molecule has 5 rings (SSSR count). The van der Waals surface area contributed by atoms with Crippen LogP contribution >= 0.6 is 0 Å². The maximum absolute atomic E-state index is 14.6. The van der Waals surface area contributed by atoms with Gasteiger partial charge in [0, 0.05) is 74.6 Å². The zero-order chi connectivity index (χ0) is 29.3. The summed E-state index contributed by atoms with van der Waals surface area (Å²) in [5, 5.41) is 16.9. The molecular weight excluding hydrogens is 528 g/mol. The number of hydrogen-bond acceptors (Lipinski definition) is 6. The fraction of sp³-hybridized carbons (Fsp3) is 0.355. The Labute approximate surface area is 238 Å². The molecule has 0 fully saturated rings. The summed E-state index contributed by atoms with van der Waals surface area (Å²) in [6, 6.07) is 5.86. The smallest absolute Gasteiger partial charge is 0.335 e. The number of pyridine rings is 1. The number of rotatable bonds is 9. The molecule has 3 N–H and O–H groups in total. The average Bonchev–Trinajstić information content (AvgIpc) is 3.57. The third-order valence-electron chi connectivity index (χ3n) is 8.18. The van der Waals surface area contributed by atoms with Crippen LogP contribution in [0.25, 0.3) is 16.6 Å². The fourth-order valence-electron chi connectivity index (χ4n) is 5.74. The van der Waals surface area contributed by atoms with Gasteiger partial charge in [0.05, 0.1) is 17.4 Å². The molecule has 0 amide bonds. The van der Waals surface area contributed by atoms with Crippen molar-refractivity contribution in [3.63, 3.8) is 0 Å². The molecule has 3 aromatic rings. The molecule has 0 saturated carbocycles. The lowest BCUT2D eigenvalue weighted by Gasteiger charge is -2.32. The first kappa shape index (κ1) is 28.5. The van der Waals surface area contributed by atoms with Crippen molar-refractivity contribution in [2.45, 2.75) is 38.8 Å². The number of ether oxygens (including phenoxy) is 1. The third-order valence-corrected chi connectivity index (χ3v) is 8.18. The number of nitrogens with one attached hydrogen (secondary N) is 2. The number of halogens is 2. The summed E-state index contributed by atoms with van der Waals surface area (Å²) < 4.78 is 36.9. The molecule has 2 aromatic heterocycles. The summed E-state index contributed by atoms with van der Waals surface area (Å²) in [6.45, 7) is 6.16. The van der Waals surface area contributed by atoms with Crippen LogP contribution < -0.4 is 10.6 Å². The first-order valence-electron chi connectivity index (χ1n) is 13.7. The lowest BCUT2D eigenvalue weighted by Crippen LogP contribution is -2.32. The Morgan fingerprint density at radius 3 is 2.63 bits per heavy atom. The Hall–Kier alpha value is -4.02. The molecular formula is C31H35F2N5O3. The number of aryl methyl sites for hydroxylation is 1. The summed E-state index contributed by atoms with van der Waals surface area (Å²) >= 11 is 0. The Morgan fingerprint density at radius 2 is 1.98 bits per heavy atom. The minimum absolute atomic E-state index is 0.0189. The van der Waals surface area contributed by atoms with Gasteiger partial charge in [0.2, 0.25) is 0 Å². The van der Waals surface area contributed by atoms with Crippen molar-refractivity contribution in [2.75, 3.05) is 32.1 Å². The lowest BCUT2D eigenvalue weighted by molar-refractivity contribution is 0.0695. The molecule has 0 bridgehead atoms. The molecule has 0 saturated heterocycles. The molecule has 8 nitrogen and oxygen atoms in total. The Bertz CT molecular complexity index is 1550. The zero-order valence-electron chi connectivity index (χ0n) is 23.7. The van der Waals surface area contributed by atoms with Crippen LogP contribution in [-0.2, 0) is 11.8 Å². The van der Waals surface area contributed by atoms with Gasteiger partial charge in [-0.25, -0.2) is 18.6 Å². The number of carboxylic acids is 1. The van der Waals surface area contributed by atoms with Crippen molar-refractivity contribution in [3.8, 4) is 0 Å². The number of nitrogens with zero attached hydrogens (tertiary/aromatic N) is 3. The van der Waals surface area contributed by atoms with Crippen LogP contribution in [0.2, 0.25) is 0 Å². The van der Waals surface area contributed by atoms with Crippen LogP contribution in [0.4, 0.5) is 14.5 Å². The maximum atomic E-state index is 14.6.